The molecule has 0 spiro atoms. The molecule has 0 saturated carbocycles. The summed E-state index contributed by atoms with van der Waals surface area (Å²) in [5, 5.41) is 8.60. The number of hydrogen-bond acceptors (Lipinski definition) is 5. The molecule has 2 heterocycles. The van der Waals surface area contributed by atoms with E-state index in [9.17, 15) is 9.59 Å². The van der Waals surface area contributed by atoms with Gasteiger partial charge in [-0.15, -0.1) is 0 Å². The second-order valence-corrected chi connectivity index (χ2v) is 3.73. The molecule has 0 amide bonds. The molecule has 2 N–H and O–H groups in total. The molecule has 92 valence electrons. The third-order valence-corrected chi connectivity index (χ3v) is 2.51. The fraction of sp³-hybridized carbons (Fsp3) is 0.500. The second kappa shape index (κ2) is 4.96. The SMILES string of the molecule is O=C(O)Cc1cnc(N2CCOCC2)[nH]c1=O. The van der Waals surface area contributed by atoms with E-state index >= 15 is 0 Å². The van der Waals surface area contributed by atoms with Crippen molar-refractivity contribution in [3.63, 3.8) is 0 Å². The number of aliphatic carboxylic acids is 1. The lowest BCUT2D eigenvalue weighted by atomic mass is 10.2. The number of nitrogens with zero attached hydrogens (tertiary/aromatic N) is 2. The first-order valence-corrected chi connectivity index (χ1v) is 5.29. The van der Waals surface area contributed by atoms with Gasteiger partial charge < -0.3 is 14.7 Å². The highest BCUT2D eigenvalue weighted by molar-refractivity contribution is 5.69. The van der Waals surface area contributed by atoms with Gasteiger partial charge in [-0.1, -0.05) is 0 Å². The third kappa shape index (κ3) is 2.82. The lowest BCUT2D eigenvalue weighted by Gasteiger charge is -2.27. The van der Waals surface area contributed by atoms with Gasteiger partial charge >= 0.3 is 5.97 Å². The Kier molecular flexibility index (Phi) is 3.38. The average molecular weight is 239 g/mol. The van der Waals surface area contributed by atoms with Gasteiger partial charge in [0.25, 0.3) is 5.56 Å². The minimum atomic E-state index is -1.04. The largest absolute Gasteiger partial charge is 0.481 e. The summed E-state index contributed by atoms with van der Waals surface area (Å²) < 4.78 is 5.19. The van der Waals surface area contributed by atoms with E-state index in [1.165, 1.54) is 6.20 Å². The van der Waals surface area contributed by atoms with Crippen LogP contribution in [0.15, 0.2) is 11.0 Å². The Balaban J connectivity index is 2.18. The molecule has 1 aliphatic heterocycles. The van der Waals surface area contributed by atoms with Crippen molar-refractivity contribution >= 4 is 11.9 Å². The van der Waals surface area contributed by atoms with Crippen molar-refractivity contribution in [1.82, 2.24) is 9.97 Å². The van der Waals surface area contributed by atoms with E-state index in [1.54, 1.807) is 0 Å². The van der Waals surface area contributed by atoms with Crippen LogP contribution in [0.1, 0.15) is 5.56 Å². The predicted molar refractivity (Wildman–Crippen MR) is 59.2 cm³/mol. The number of hydrogen-bond donors (Lipinski definition) is 2. The van der Waals surface area contributed by atoms with Crippen LogP contribution in [0.5, 0.6) is 0 Å². The van der Waals surface area contributed by atoms with Crippen LogP contribution in [-0.4, -0.2) is 47.3 Å². The maximum Gasteiger partial charge on any atom is 0.308 e. The molecule has 0 aliphatic carbocycles. The zero-order valence-electron chi connectivity index (χ0n) is 9.18. The number of carbonyl (C=O) groups is 1. The third-order valence-electron chi connectivity index (χ3n) is 2.51. The molecular weight excluding hydrogens is 226 g/mol. The van der Waals surface area contributed by atoms with Crippen LogP contribution < -0.4 is 10.5 Å². The van der Waals surface area contributed by atoms with Crippen LogP contribution in [0.2, 0.25) is 0 Å². The molecule has 0 radical (unpaired) electrons. The summed E-state index contributed by atoms with van der Waals surface area (Å²) >= 11 is 0. The molecule has 2 rings (SSSR count). The van der Waals surface area contributed by atoms with Crippen molar-refractivity contribution in [3.05, 3.63) is 22.1 Å². The number of carboxylic acids is 1. The van der Waals surface area contributed by atoms with Crippen molar-refractivity contribution in [1.29, 1.82) is 0 Å². The summed E-state index contributed by atoms with van der Waals surface area (Å²) in [5.41, 5.74) is -0.238. The Hall–Kier alpha value is -1.89. The first-order chi connectivity index (χ1) is 8.16. The topological polar surface area (TPSA) is 95.5 Å². The molecule has 1 fully saturated rings. The molecule has 0 atom stereocenters. The van der Waals surface area contributed by atoms with Gasteiger partial charge in [-0.05, 0) is 0 Å². The average Bonchev–Trinajstić information content (AvgIpc) is 2.32. The molecule has 0 aromatic carbocycles. The number of aromatic nitrogens is 2. The Morgan fingerprint density at radius 2 is 2.24 bits per heavy atom. The molecule has 1 aromatic rings. The van der Waals surface area contributed by atoms with Crippen LogP contribution in [-0.2, 0) is 16.0 Å². The number of morpholine rings is 1. The highest BCUT2D eigenvalue weighted by Crippen LogP contribution is 2.07. The summed E-state index contributed by atoms with van der Waals surface area (Å²) in [4.78, 5) is 30.7. The number of rotatable bonds is 3. The van der Waals surface area contributed by atoms with E-state index in [0.29, 0.717) is 32.3 Å². The molecule has 0 bridgehead atoms. The van der Waals surface area contributed by atoms with Gasteiger partial charge in [0.15, 0.2) is 0 Å². The summed E-state index contributed by atoms with van der Waals surface area (Å²) in [6, 6.07) is 0. The highest BCUT2D eigenvalue weighted by atomic mass is 16.5. The van der Waals surface area contributed by atoms with Crippen LogP contribution in [0, 0.1) is 0 Å². The van der Waals surface area contributed by atoms with E-state index in [4.69, 9.17) is 9.84 Å². The number of nitrogens with one attached hydrogen (secondary N) is 1. The number of H-pyrrole nitrogens is 1. The molecular formula is C10H13N3O4. The summed E-state index contributed by atoms with van der Waals surface area (Å²) in [7, 11) is 0. The van der Waals surface area contributed by atoms with Crippen LogP contribution in [0.3, 0.4) is 0 Å². The van der Waals surface area contributed by atoms with Crippen molar-refractivity contribution in [2.24, 2.45) is 0 Å². The maximum atomic E-state index is 11.6. The van der Waals surface area contributed by atoms with Gasteiger partial charge in [0, 0.05) is 24.8 Å². The lowest BCUT2D eigenvalue weighted by Crippen LogP contribution is -2.38. The number of anilines is 1. The monoisotopic (exact) mass is 239 g/mol. The van der Waals surface area contributed by atoms with Crippen molar-refractivity contribution in [3.8, 4) is 0 Å². The fourth-order valence-electron chi connectivity index (χ4n) is 1.64. The standard InChI is InChI=1S/C10H13N3O4/c14-8(15)5-7-6-11-10(12-9(7)16)13-1-3-17-4-2-13/h6H,1-5H2,(H,14,15)(H,11,12,16). The highest BCUT2D eigenvalue weighted by Gasteiger charge is 2.14. The molecule has 17 heavy (non-hydrogen) atoms. The Bertz CT molecular complexity index is 465. The first-order valence-electron chi connectivity index (χ1n) is 5.29. The molecule has 1 aromatic heterocycles. The second-order valence-electron chi connectivity index (χ2n) is 3.73. The molecule has 1 aliphatic rings. The van der Waals surface area contributed by atoms with E-state index in [2.05, 4.69) is 9.97 Å². The minimum Gasteiger partial charge on any atom is -0.481 e. The van der Waals surface area contributed by atoms with Gasteiger partial charge in [-0.2, -0.15) is 0 Å². The maximum absolute atomic E-state index is 11.6. The van der Waals surface area contributed by atoms with E-state index < -0.39 is 11.5 Å². The number of aromatic amines is 1. The Morgan fingerprint density at radius 1 is 1.53 bits per heavy atom. The van der Waals surface area contributed by atoms with Crippen LogP contribution in [0.25, 0.3) is 0 Å². The van der Waals surface area contributed by atoms with Crippen molar-refractivity contribution < 1.29 is 14.6 Å². The van der Waals surface area contributed by atoms with Crippen LogP contribution in [0.4, 0.5) is 5.95 Å². The summed E-state index contributed by atoms with van der Waals surface area (Å²) in [6.07, 6.45) is 1.00. The van der Waals surface area contributed by atoms with Gasteiger partial charge in [0.2, 0.25) is 5.95 Å². The van der Waals surface area contributed by atoms with Gasteiger partial charge in [0.1, 0.15) is 0 Å². The van der Waals surface area contributed by atoms with Crippen LogP contribution >= 0.6 is 0 Å². The molecule has 7 heteroatoms. The van der Waals surface area contributed by atoms with Crippen molar-refractivity contribution in [2.75, 3.05) is 31.2 Å². The van der Waals surface area contributed by atoms with E-state index in [-0.39, 0.29) is 12.0 Å². The van der Waals surface area contributed by atoms with E-state index in [1.807, 2.05) is 4.90 Å². The van der Waals surface area contributed by atoms with Gasteiger partial charge in [-0.3, -0.25) is 14.6 Å². The Labute approximate surface area is 97.0 Å². The lowest BCUT2D eigenvalue weighted by molar-refractivity contribution is -0.136. The zero-order chi connectivity index (χ0) is 12.3. The first kappa shape index (κ1) is 11.6. The van der Waals surface area contributed by atoms with Crippen molar-refractivity contribution in [2.45, 2.75) is 6.42 Å². The quantitative estimate of drug-likeness (QED) is 0.719. The number of carboxylic acid groups (broad SMARTS) is 1. The summed E-state index contributed by atoms with van der Waals surface area (Å²) in [6.45, 7) is 2.53. The zero-order valence-corrected chi connectivity index (χ0v) is 9.18. The van der Waals surface area contributed by atoms with E-state index in [0.717, 1.165) is 0 Å². The summed E-state index contributed by atoms with van der Waals surface area (Å²) in [5.74, 6) is -0.580. The number of ether oxygens (including phenoxy) is 1. The molecule has 1 saturated heterocycles. The van der Waals surface area contributed by atoms with Gasteiger partial charge in [-0.25, -0.2) is 4.98 Å². The molecule has 7 nitrogen and oxygen atoms in total. The normalized spacial score (nSPS) is 15.9. The minimum absolute atomic E-state index is 0.162. The molecule has 0 unspecified atom stereocenters. The fourth-order valence-corrected chi connectivity index (χ4v) is 1.64. The van der Waals surface area contributed by atoms with Gasteiger partial charge in [0.05, 0.1) is 19.6 Å². The smallest absolute Gasteiger partial charge is 0.308 e. The Morgan fingerprint density at radius 3 is 2.82 bits per heavy atom. The predicted octanol–water partition coefficient (Wildman–Crippen LogP) is -0.766.